The smallest absolute Gasteiger partial charge is 0.327 e. The first-order chi connectivity index (χ1) is 11.9. The summed E-state index contributed by atoms with van der Waals surface area (Å²) in [5.41, 5.74) is -0.716. The van der Waals surface area contributed by atoms with Gasteiger partial charge < -0.3 is 9.64 Å². The van der Waals surface area contributed by atoms with Gasteiger partial charge in [-0.05, 0) is 31.0 Å². The number of amides is 3. The van der Waals surface area contributed by atoms with E-state index in [9.17, 15) is 18.8 Å². The molecule has 7 heteroatoms. The van der Waals surface area contributed by atoms with E-state index in [4.69, 9.17) is 4.74 Å². The Kier molecular flexibility index (Phi) is 4.49. The molecule has 2 fully saturated rings. The molecule has 0 unspecified atom stereocenters. The van der Waals surface area contributed by atoms with E-state index >= 15 is 0 Å². The molecule has 0 bridgehead atoms. The maximum absolute atomic E-state index is 13.8. The van der Waals surface area contributed by atoms with Gasteiger partial charge >= 0.3 is 6.03 Å². The molecule has 1 aromatic carbocycles. The minimum Gasteiger partial charge on any atom is -0.494 e. The number of nitrogens with zero attached hydrogens (tertiary/aromatic N) is 2. The molecule has 3 amide bonds. The van der Waals surface area contributed by atoms with Crippen LogP contribution in [-0.4, -0.2) is 53.8 Å². The van der Waals surface area contributed by atoms with Gasteiger partial charge in [-0.15, -0.1) is 0 Å². The van der Waals surface area contributed by atoms with Crippen LogP contribution in [0.25, 0.3) is 0 Å². The van der Waals surface area contributed by atoms with E-state index < -0.39 is 23.2 Å². The molecule has 0 N–H and O–H groups in total. The third kappa shape index (κ3) is 2.77. The van der Waals surface area contributed by atoms with Crippen molar-refractivity contribution in [2.75, 3.05) is 20.7 Å². The average Bonchev–Trinajstić information content (AvgIpc) is 2.78. The Labute approximate surface area is 145 Å². The van der Waals surface area contributed by atoms with E-state index in [0.717, 1.165) is 30.2 Å². The molecule has 6 nitrogen and oxygen atoms in total. The van der Waals surface area contributed by atoms with Crippen molar-refractivity contribution in [2.45, 2.75) is 37.6 Å². The van der Waals surface area contributed by atoms with Crippen LogP contribution in [0.5, 0.6) is 5.75 Å². The van der Waals surface area contributed by atoms with Crippen molar-refractivity contribution in [3.8, 4) is 5.75 Å². The molecule has 25 heavy (non-hydrogen) atoms. The van der Waals surface area contributed by atoms with Crippen molar-refractivity contribution >= 4 is 17.7 Å². The summed E-state index contributed by atoms with van der Waals surface area (Å²) in [6.45, 7) is -0.379. The number of urea groups is 1. The lowest BCUT2D eigenvalue weighted by molar-refractivity contribution is -0.134. The Morgan fingerprint density at radius 1 is 1.24 bits per heavy atom. The number of hydrogen-bond donors (Lipinski definition) is 0. The normalized spacial score (nSPS) is 19.6. The van der Waals surface area contributed by atoms with Gasteiger partial charge in [-0.25, -0.2) is 9.18 Å². The summed E-state index contributed by atoms with van der Waals surface area (Å²) in [6.07, 6.45) is 4.05. The Morgan fingerprint density at radius 3 is 2.52 bits per heavy atom. The Bertz CT molecular complexity index is 728. The maximum atomic E-state index is 13.8. The average molecular weight is 348 g/mol. The van der Waals surface area contributed by atoms with Crippen LogP contribution >= 0.6 is 0 Å². The number of halogens is 1. The summed E-state index contributed by atoms with van der Waals surface area (Å²) in [5.74, 6) is -1.43. The fourth-order valence-corrected chi connectivity index (χ4v) is 3.75. The lowest BCUT2D eigenvalue weighted by atomic mass is 9.80. The minimum atomic E-state index is -0.819. The van der Waals surface area contributed by atoms with Crippen molar-refractivity contribution < 1.29 is 23.5 Å². The van der Waals surface area contributed by atoms with E-state index in [-0.39, 0.29) is 23.8 Å². The predicted molar refractivity (Wildman–Crippen MR) is 88.0 cm³/mol. The SMILES string of the molecule is COc1ccc(C(=O)CN2C(=O)N(C)C3(CCCCC3)C2=O)cc1F. The Hall–Kier alpha value is -2.44. The summed E-state index contributed by atoms with van der Waals surface area (Å²) < 4.78 is 18.6. The number of rotatable bonds is 4. The standard InChI is InChI=1S/C18H21FN2O4/c1-20-17(24)21(16(23)18(20)8-4-3-5-9-18)11-14(22)12-6-7-15(25-2)13(19)10-12/h6-7,10H,3-5,8-9,11H2,1-2H3. The van der Waals surface area contributed by atoms with E-state index in [1.165, 1.54) is 24.1 Å². The summed E-state index contributed by atoms with van der Waals surface area (Å²) in [5, 5.41) is 0. The molecule has 0 aromatic heterocycles. The first-order valence-electron chi connectivity index (χ1n) is 8.37. The highest BCUT2D eigenvalue weighted by molar-refractivity contribution is 6.11. The van der Waals surface area contributed by atoms with Gasteiger partial charge in [-0.1, -0.05) is 19.3 Å². The molecule has 1 saturated heterocycles. The Morgan fingerprint density at radius 2 is 1.92 bits per heavy atom. The van der Waals surface area contributed by atoms with Crippen LogP contribution in [-0.2, 0) is 4.79 Å². The molecule has 3 rings (SSSR count). The van der Waals surface area contributed by atoms with Crippen LogP contribution in [0.15, 0.2) is 18.2 Å². The molecule has 2 aliphatic rings. The van der Waals surface area contributed by atoms with Gasteiger partial charge in [0.1, 0.15) is 5.54 Å². The highest BCUT2D eigenvalue weighted by Crippen LogP contribution is 2.39. The molecule has 1 saturated carbocycles. The first-order valence-corrected chi connectivity index (χ1v) is 8.37. The monoisotopic (exact) mass is 348 g/mol. The number of ether oxygens (including phenoxy) is 1. The number of Topliss-reactive ketones (excluding diaryl/α,β-unsaturated/α-hetero) is 1. The fraction of sp³-hybridized carbons (Fsp3) is 0.500. The van der Waals surface area contributed by atoms with Gasteiger partial charge in [0.2, 0.25) is 0 Å². The zero-order valence-corrected chi connectivity index (χ0v) is 14.4. The quantitative estimate of drug-likeness (QED) is 0.620. The summed E-state index contributed by atoms with van der Waals surface area (Å²) in [7, 11) is 2.95. The highest BCUT2D eigenvalue weighted by atomic mass is 19.1. The van der Waals surface area contributed by atoms with Gasteiger partial charge in [0.05, 0.1) is 13.7 Å². The van der Waals surface area contributed by atoms with Gasteiger partial charge in [0, 0.05) is 12.6 Å². The van der Waals surface area contributed by atoms with Crippen LogP contribution < -0.4 is 4.74 Å². The van der Waals surface area contributed by atoms with E-state index in [1.807, 2.05) is 0 Å². The number of likely N-dealkylation sites (N-methyl/N-ethyl adjacent to an activating group) is 1. The van der Waals surface area contributed by atoms with Crippen LogP contribution in [0.3, 0.4) is 0 Å². The van der Waals surface area contributed by atoms with Crippen molar-refractivity contribution in [1.82, 2.24) is 9.80 Å². The molecule has 1 heterocycles. The summed E-state index contributed by atoms with van der Waals surface area (Å²) in [4.78, 5) is 40.3. The fourth-order valence-electron chi connectivity index (χ4n) is 3.75. The van der Waals surface area contributed by atoms with Crippen LogP contribution in [0.2, 0.25) is 0 Å². The van der Waals surface area contributed by atoms with Gasteiger partial charge in [-0.2, -0.15) is 0 Å². The van der Waals surface area contributed by atoms with E-state index in [1.54, 1.807) is 7.05 Å². The van der Waals surface area contributed by atoms with Crippen LogP contribution in [0.4, 0.5) is 9.18 Å². The molecule has 0 atom stereocenters. The number of benzene rings is 1. The molecule has 134 valence electrons. The molecular formula is C18H21FN2O4. The molecular weight excluding hydrogens is 327 g/mol. The summed E-state index contributed by atoms with van der Waals surface area (Å²) >= 11 is 0. The Balaban J connectivity index is 1.80. The maximum Gasteiger partial charge on any atom is 0.327 e. The molecule has 0 radical (unpaired) electrons. The van der Waals surface area contributed by atoms with Crippen molar-refractivity contribution in [1.29, 1.82) is 0 Å². The predicted octanol–water partition coefficient (Wildman–Crippen LogP) is 2.61. The second-order valence-corrected chi connectivity index (χ2v) is 6.60. The van der Waals surface area contributed by atoms with Gasteiger partial charge in [0.15, 0.2) is 17.3 Å². The zero-order chi connectivity index (χ0) is 18.2. The number of imide groups is 1. The van der Waals surface area contributed by atoms with Crippen LogP contribution in [0, 0.1) is 5.82 Å². The van der Waals surface area contributed by atoms with Gasteiger partial charge in [0.25, 0.3) is 5.91 Å². The van der Waals surface area contributed by atoms with E-state index in [0.29, 0.717) is 12.8 Å². The first kappa shape index (κ1) is 17.4. The second kappa shape index (κ2) is 6.46. The van der Waals surface area contributed by atoms with Crippen molar-refractivity contribution in [3.05, 3.63) is 29.6 Å². The molecule has 1 aliphatic carbocycles. The zero-order valence-electron chi connectivity index (χ0n) is 14.4. The van der Waals surface area contributed by atoms with Crippen molar-refractivity contribution in [2.24, 2.45) is 0 Å². The molecule has 1 spiro atoms. The largest absolute Gasteiger partial charge is 0.494 e. The molecule has 1 aromatic rings. The van der Waals surface area contributed by atoms with Gasteiger partial charge in [-0.3, -0.25) is 14.5 Å². The molecule has 1 aliphatic heterocycles. The number of carbonyl (C=O) groups excluding carboxylic acids is 3. The lowest BCUT2D eigenvalue weighted by Crippen LogP contribution is -2.49. The number of ketones is 1. The third-order valence-corrected chi connectivity index (χ3v) is 5.26. The third-order valence-electron chi connectivity index (χ3n) is 5.26. The van der Waals surface area contributed by atoms with Crippen molar-refractivity contribution in [3.63, 3.8) is 0 Å². The topological polar surface area (TPSA) is 66.9 Å². The minimum absolute atomic E-state index is 0.0331. The van der Waals surface area contributed by atoms with E-state index in [2.05, 4.69) is 0 Å². The second-order valence-electron chi connectivity index (χ2n) is 6.60. The number of hydrogen-bond acceptors (Lipinski definition) is 4. The lowest BCUT2D eigenvalue weighted by Gasteiger charge is -2.35. The highest BCUT2D eigenvalue weighted by Gasteiger charge is 2.55. The number of methoxy groups -OCH3 is 1. The summed E-state index contributed by atoms with van der Waals surface area (Å²) in [6, 6.07) is 3.38. The van der Waals surface area contributed by atoms with Crippen LogP contribution in [0.1, 0.15) is 42.5 Å². The number of carbonyl (C=O) groups is 3.